The Morgan fingerprint density at radius 1 is 1.69 bits per heavy atom. The van der Waals surface area contributed by atoms with Gasteiger partial charge in [0, 0.05) is 6.54 Å². The lowest BCUT2D eigenvalue weighted by molar-refractivity contribution is -0.167. The number of esters is 1. The molecular weight excluding hydrogens is 170 g/mol. The van der Waals surface area contributed by atoms with Crippen molar-refractivity contribution in [2.75, 3.05) is 6.54 Å². The van der Waals surface area contributed by atoms with E-state index in [0.29, 0.717) is 0 Å². The van der Waals surface area contributed by atoms with Crippen LogP contribution in [-0.4, -0.2) is 29.3 Å². The number of carbonyl (C=O) groups is 1. The molecule has 0 aromatic heterocycles. The van der Waals surface area contributed by atoms with E-state index in [-0.39, 0.29) is 12.6 Å². The highest BCUT2D eigenvalue weighted by Crippen LogP contribution is 2.08. The predicted octanol–water partition coefficient (Wildman–Crippen LogP) is 0.428. The summed E-state index contributed by atoms with van der Waals surface area (Å²) < 4.78 is 4.98. The molecule has 2 atom stereocenters. The predicted molar refractivity (Wildman–Crippen MR) is 50.1 cm³/mol. The maximum Gasteiger partial charge on any atom is 0.339 e. The maximum atomic E-state index is 11.2. The Morgan fingerprint density at radius 2 is 2.23 bits per heavy atom. The first-order chi connectivity index (χ1) is 5.94. The first-order valence-corrected chi connectivity index (χ1v) is 4.57. The molecule has 0 aromatic rings. The second-order valence-corrected chi connectivity index (χ2v) is 3.48. The van der Waals surface area contributed by atoms with Gasteiger partial charge in [-0.25, -0.2) is 4.79 Å². The fourth-order valence-electron chi connectivity index (χ4n) is 0.858. The molecular formula is C9H19NO3. The van der Waals surface area contributed by atoms with Crippen LogP contribution in [0.2, 0.25) is 0 Å². The second kappa shape index (κ2) is 5.19. The van der Waals surface area contributed by atoms with Gasteiger partial charge in [0.25, 0.3) is 0 Å². The van der Waals surface area contributed by atoms with E-state index in [2.05, 4.69) is 0 Å². The smallest absolute Gasteiger partial charge is 0.339 e. The lowest BCUT2D eigenvalue weighted by atomic mass is 10.1. The van der Waals surface area contributed by atoms with E-state index in [0.717, 1.165) is 12.8 Å². The van der Waals surface area contributed by atoms with Gasteiger partial charge in [0.15, 0.2) is 5.60 Å². The Hall–Kier alpha value is -0.610. The maximum absolute atomic E-state index is 11.2. The number of hydrogen-bond acceptors (Lipinski definition) is 4. The van der Waals surface area contributed by atoms with Crippen LogP contribution in [0.3, 0.4) is 0 Å². The largest absolute Gasteiger partial charge is 0.461 e. The van der Waals surface area contributed by atoms with Crippen molar-refractivity contribution in [2.45, 2.75) is 45.3 Å². The molecule has 0 heterocycles. The SMILES string of the molecule is CCCC(C)OC(=O)C(C)(O)CN. The Balaban J connectivity index is 3.99. The Kier molecular flexibility index (Phi) is 4.95. The van der Waals surface area contributed by atoms with Gasteiger partial charge in [-0.1, -0.05) is 13.3 Å². The first kappa shape index (κ1) is 12.4. The van der Waals surface area contributed by atoms with E-state index in [1.54, 1.807) is 6.92 Å². The minimum Gasteiger partial charge on any atom is -0.461 e. The number of ether oxygens (including phenoxy) is 1. The zero-order chi connectivity index (χ0) is 10.5. The van der Waals surface area contributed by atoms with Gasteiger partial charge in [-0.2, -0.15) is 0 Å². The zero-order valence-corrected chi connectivity index (χ0v) is 8.54. The van der Waals surface area contributed by atoms with Crippen molar-refractivity contribution in [1.82, 2.24) is 0 Å². The van der Waals surface area contributed by atoms with Crippen LogP contribution in [-0.2, 0) is 9.53 Å². The standard InChI is InChI=1S/C9H19NO3/c1-4-5-7(2)13-8(11)9(3,12)6-10/h7,12H,4-6,10H2,1-3H3. The van der Waals surface area contributed by atoms with Gasteiger partial charge in [0.05, 0.1) is 6.10 Å². The van der Waals surface area contributed by atoms with Crippen molar-refractivity contribution < 1.29 is 14.6 Å². The van der Waals surface area contributed by atoms with Crippen molar-refractivity contribution in [3.05, 3.63) is 0 Å². The molecule has 0 radical (unpaired) electrons. The number of aliphatic hydroxyl groups is 1. The van der Waals surface area contributed by atoms with Crippen LogP contribution >= 0.6 is 0 Å². The van der Waals surface area contributed by atoms with Crippen LogP contribution < -0.4 is 5.73 Å². The molecule has 2 unspecified atom stereocenters. The number of nitrogens with two attached hydrogens (primary N) is 1. The van der Waals surface area contributed by atoms with E-state index in [4.69, 9.17) is 10.5 Å². The van der Waals surface area contributed by atoms with E-state index >= 15 is 0 Å². The van der Waals surface area contributed by atoms with Gasteiger partial charge >= 0.3 is 5.97 Å². The number of hydrogen-bond donors (Lipinski definition) is 2. The highest BCUT2D eigenvalue weighted by atomic mass is 16.6. The van der Waals surface area contributed by atoms with Crippen LogP contribution in [0.1, 0.15) is 33.6 Å². The molecule has 0 saturated carbocycles. The summed E-state index contributed by atoms with van der Waals surface area (Å²) in [4.78, 5) is 11.2. The average Bonchev–Trinajstić information content (AvgIpc) is 2.04. The molecule has 78 valence electrons. The molecule has 0 aliphatic carbocycles. The summed E-state index contributed by atoms with van der Waals surface area (Å²) in [7, 11) is 0. The summed E-state index contributed by atoms with van der Waals surface area (Å²) in [6.07, 6.45) is 1.58. The fourth-order valence-corrected chi connectivity index (χ4v) is 0.858. The molecule has 0 rings (SSSR count). The normalized spacial score (nSPS) is 17.6. The van der Waals surface area contributed by atoms with Gasteiger partial charge in [-0.15, -0.1) is 0 Å². The minimum absolute atomic E-state index is 0.120. The molecule has 0 amide bonds. The summed E-state index contributed by atoms with van der Waals surface area (Å²) >= 11 is 0. The molecule has 0 fully saturated rings. The Labute approximate surface area is 79.1 Å². The van der Waals surface area contributed by atoms with Crippen molar-refractivity contribution in [3.8, 4) is 0 Å². The molecule has 4 nitrogen and oxygen atoms in total. The Bertz CT molecular complexity index is 168. The van der Waals surface area contributed by atoms with Crippen molar-refractivity contribution in [2.24, 2.45) is 5.73 Å². The highest BCUT2D eigenvalue weighted by Gasteiger charge is 2.31. The summed E-state index contributed by atoms with van der Waals surface area (Å²) in [5.41, 5.74) is 3.65. The lowest BCUT2D eigenvalue weighted by Crippen LogP contribution is -2.44. The van der Waals surface area contributed by atoms with Gasteiger partial charge < -0.3 is 15.6 Å². The van der Waals surface area contributed by atoms with E-state index in [1.807, 2.05) is 6.92 Å². The van der Waals surface area contributed by atoms with Crippen LogP contribution in [0.25, 0.3) is 0 Å². The lowest BCUT2D eigenvalue weighted by Gasteiger charge is -2.21. The molecule has 4 heteroatoms. The van der Waals surface area contributed by atoms with E-state index in [1.165, 1.54) is 6.92 Å². The van der Waals surface area contributed by atoms with Gasteiger partial charge in [0.1, 0.15) is 0 Å². The quantitative estimate of drug-likeness (QED) is 0.615. The van der Waals surface area contributed by atoms with E-state index < -0.39 is 11.6 Å². The van der Waals surface area contributed by atoms with Crippen molar-refractivity contribution in [3.63, 3.8) is 0 Å². The topological polar surface area (TPSA) is 72.5 Å². The van der Waals surface area contributed by atoms with Crippen molar-refractivity contribution in [1.29, 1.82) is 0 Å². The summed E-state index contributed by atoms with van der Waals surface area (Å²) in [6, 6.07) is 0. The van der Waals surface area contributed by atoms with Crippen molar-refractivity contribution >= 4 is 5.97 Å². The monoisotopic (exact) mass is 189 g/mol. The molecule has 0 saturated heterocycles. The van der Waals surface area contributed by atoms with Crippen LogP contribution in [0.4, 0.5) is 0 Å². The number of rotatable bonds is 5. The molecule has 0 spiro atoms. The van der Waals surface area contributed by atoms with Crippen LogP contribution in [0, 0.1) is 0 Å². The van der Waals surface area contributed by atoms with Gasteiger partial charge in [0.2, 0.25) is 0 Å². The third kappa shape index (κ3) is 4.24. The molecule has 0 aromatic carbocycles. The highest BCUT2D eigenvalue weighted by molar-refractivity contribution is 5.79. The third-order valence-corrected chi connectivity index (χ3v) is 1.84. The summed E-state index contributed by atoms with van der Waals surface area (Å²) in [6.45, 7) is 5.04. The van der Waals surface area contributed by atoms with Gasteiger partial charge in [-0.3, -0.25) is 0 Å². The molecule has 3 N–H and O–H groups in total. The van der Waals surface area contributed by atoms with Crippen LogP contribution in [0.15, 0.2) is 0 Å². The zero-order valence-electron chi connectivity index (χ0n) is 8.54. The molecule has 0 bridgehead atoms. The molecule has 0 aliphatic rings. The summed E-state index contributed by atoms with van der Waals surface area (Å²) in [5, 5.41) is 9.41. The van der Waals surface area contributed by atoms with Gasteiger partial charge in [-0.05, 0) is 20.3 Å². The Morgan fingerprint density at radius 3 is 2.62 bits per heavy atom. The second-order valence-electron chi connectivity index (χ2n) is 3.48. The fraction of sp³-hybridized carbons (Fsp3) is 0.889. The number of carbonyl (C=O) groups excluding carboxylic acids is 1. The minimum atomic E-state index is -1.55. The summed E-state index contributed by atoms with van der Waals surface area (Å²) in [5.74, 6) is -0.643. The third-order valence-electron chi connectivity index (χ3n) is 1.84. The molecule has 13 heavy (non-hydrogen) atoms. The average molecular weight is 189 g/mol. The first-order valence-electron chi connectivity index (χ1n) is 4.57. The van der Waals surface area contributed by atoms with Crippen LogP contribution in [0.5, 0.6) is 0 Å². The molecule has 0 aliphatic heterocycles. The van der Waals surface area contributed by atoms with E-state index in [9.17, 15) is 9.90 Å².